The van der Waals surface area contributed by atoms with Crippen molar-refractivity contribution in [2.75, 3.05) is 0 Å². The minimum absolute atomic E-state index is 0.0799. The molecule has 208 valence electrons. The Labute approximate surface area is 226 Å². The van der Waals surface area contributed by atoms with Crippen LogP contribution in [-0.2, 0) is 11.2 Å². The Morgan fingerprint density at radius 3 is 1.89 bits per heavy atom. The van der Waals surface area contributed by atoms with Crippen LogP contribution in [0.25, 0.3) is 0 Å². The fourth-order valence-corrected chi connectivity index (χ4v) is 2.51. The van der Waals surface area contributed by atoms with Crippen molar-refractivity contribution < 1.29 is 9.53 Å². The number of nitrogens with two attached hydrogens (primary N) is 1. The maximum atomic E-state index is 10.4. The first-order chi connectivity index (χ1) is 17.2. The molecule has 2 rings (SSSR count). The number of rotatable bonds is 4. The summed E-state index contributed by atoms with van der Waals surface area (Å²) in [5.74, 6) is 3.95. The van der Waals surface area contributed by atoms with E-state index in [9.17, 15) is 4.79 Å². The average molecular weight is 502 g/mol. The average Bonchev–Trinajstić information content (AvgIpc) is 2.88. The summed E-state index contributed by atoms with van der Waals surface area (Å²) in [6.45, 7) is 24.5. The van der Waals surface area contributed by atoms with E-state index in [-0.39, 0.29) is 6.10 Å². The highest BCUT2D eigenvalue weighted by Gasteiger charge is 2.20. The molecule has 3 heteroatoms. The molecule has 1 unspecified atom stereocenters. The summed E-state index contributed by atoms with van der Waals surface area (Å²) in [4.78, 5) is 10.4. The molecule has 0 saturated heterocycles. The number of amides is 1. The van der Waals surface area contributed by atoms with Gasteiger partial charge in [0, 0.05) is 6.42 Å². The third kappa shape index (κ3) is 38.6. The molecule has 1 saturated carbocycles. The molecule has 2 atom stereocenters. The number of allylic oxidation sites excluding steroid dienone is 1. The van der Waals surface area contributed by atoms with Crippen molar-refractivity contribution in [2.24, 2.45) is 17.6 Å². The van der Waals surface area contributed by atoms with E-state index in [1.165, 1.54) is 24.0 Å². The number of carbonyl (C=O) groups excluding carboxylic acids is 1. The number of hydrogen-bond donors (Lipinski definition) is 1. The first kappa shape index (κ1) is 43.4. The molecule has 0 radical (unpaired) electrons. The molecule has 0 heterocycles. The number of ether oxygens (including phenoxy) is 1. The van der Waals surface area contributed by atoms with Gasteiger partial charge in [-0.2, -0.15) is 0 Å². The van der Waals surface area contributed by atoms with Crippen LogP contribution >= 0.6 is 0 Å². The van der Waals surface area contributed by atoms with Gasteiger partial charge in [0.15, 0.2) is 0 Å². The summed E-state index contributed by atoms with van der Waals surface area (Å²) < 4.78 is 4.90. The van der Waals surface area contributed by atoms with Crippen molar-refractivity contribution in [3.05, 3.63) is 48.0 Å². The van der Waals surface area contributed by atoms with Crippen molar-refractivity contribution in [1.82, 2.24) is 0 Å². The second-order valence-electron chi connectivity index (χ2n) is 8.23. The summed E-state index contributed by atoms with van der Waals surface area (Å²) in [7, 11) is 0. The van der Waals surface area contributed by atoms with E-state index in [4.69, 9.17) is 16.9 Å². The normalized spacial score (nSPS) is 14.4. The van der Waals surface area contributed by atoms with Crippen LogP contribution in [0.2, 0.25) is 0 Å². The molecule has 1 aliphatic rings. The molecule has 1 aromatic carbocycles. The van der Waals surface area contributed by atoms with E-state index in [2.05, 4.69) is 72.1 Å². The van der Waals surface area contributed by atoms with E-state index >= 15 is 0 Å². The number of benzene rings is 1. The molecule has 1 amide bonds. The van der Waals surface area contributed by atoms with Gasteiger partial charge in [-0.1, -0.05) is 118 Å². The van der Waals surface area contributed by atoms with Crippen LogP contribution in [0.1, 0.15) is 113 Å². The topological polar surface area (TPSA) is 52.3 Å². The molecule has 36 heavy (non-hydrogen) atoms. The highest BCUT2D eigenvalue weighted by Crippen LogP contribution is 2.25. The summed E-state index contributed by atoms with van der Waals surface area (Å²) >= 11 is 0. The van der Waals surface area contributed by atoms with Gasteiger partial charge in [0.1, 0.15) is 6.10 Å². The van der Waals surface area contributed by atoms with Crippen LogP contribution in [0.3, 0.4) is 0 Å². The second-order valence-corrected chi connectivity index (χ2v) is 8.23. The van der Waals surface area contributed by atoms with Gasteiger partial charge in [0.05, 0.1) is 0 Å². The highest BCUT2D eigenvalue weighted by molar-refractivity contribution is 5.64. The third-order valence-electron chi connectivity index (χ3n) is 4.56. The first-order valence-corrected chi connectivity index (χ1v) is 13.6. The third-order valence-corrected chi connectivity index (χ3v) is 4.56. The Morgan fingerprint density at radius 1 is 1.11 bits per heavy atom. The lowest BCUT2D eigenvalue weighted by Gasteiger charge is -2.25. The number of hydrogen-bond acceptors (Lipinski definition) is 2. The molecular formula is C33H59NO2. The van der Waals surface area contributed by atoms with Gasteiger partial charge in [0.2, 0.25) is 0 Å². The van der Waals surface area contributed by atoms with E-state index < -0.39 is 6.09 Å². The number of terminal acetylenes is 2. The number of aryl methyl sites for hydroxylation is 1. The quantitative estimate of drug-likeness (QED) is 0.329. The number of primary amides is 1. The van der Waals surface area contributed by atoms with Gasteiger partial charge < -0.3 is 10.5 Å². The van der Waals surface area contributed by atoms with Crippen LogP contribution < -0.4 is 5.73 Å². The fourth-order valence-electron chi connectivity index (χ4n) is 2.51. The summed E-state index contributed by atoms with van der Waals surface area (Å²) in [6, 6.07) is 10.3. The van der Waals surface area contributed by atoms with Crippen LogP contribution in [-0.4, -0.2) is 12.2 Å². The molecule has 1 aliphatic carbocycles. The highest BCUT2D eigenvalue weighted by atomic mass is 16.6. The minimum atomic E-state index is -0.635. The Bertz CT molecular complexity index is 626. The molecule has 1 fully saturated rings. The van der Waals surface area contributed by atoms with Gasteiger partial charge in [-0.05, 0) is 50.0 Å². The van der Waals surface area contributed by atoms with E-state index in [0.717, 1.165) is 32.1 Å². The zero-order chi connectivity index (χ0) is 29.4. The predicted molar refractivity (Wildman–Crippen MR) is 164 cm³/mol. The summed E-state index contributed by atoms with van der Waals surface area (Å²) in [5.41, 5.74) is 7.49. The molecule has 1 aromatic rings. The van der Waals surface area contributed by atoms with E-state index in [1.807, 2.05) is 52.8 Å². The van der Waals surface area contributed by atoms with Crippen molar-refractivity contribution in [3.63, 3.8) is 0 Å². The van der Waals surface area contributed by atoms with Gasteiger partial charge in [0.25, 0.3) is 0 Å². The summed E-state index contributed by atoms with van der Waals surface area (Å²) in [5, 5.41) is 0. The molecule has 0 aromatic heterocycles. The van der Waals surface area contributed by atoms with E-state index in [0.29, 0.717) is 11.8 Å². The molecule has 0 aliphatic heterocycles. The zero-order valence-electron chi connectivity index (χ0n) is 25.4. The van der Waals surface area contributed by atoms with Crippen molar-refractivity contribution in [1.29, 1.82) is 0 Å². The molecule has 3 nitrogen and oxygen atoms in total. The molecule has 2 N–H and O–H groups in total. The van der Waals surface area contributed by atoms with Gasteiger partial charge in [-0.3, -0.25) is 0 Å². The second kappa shape index (κ2) is 36.9. The van der Waals surface area contributed by atoms with Crippen LogP contribution in [0.15, 0.2) is 42.5 Å². The van der Waals surface area contributed by atoms with Gasteiger partial charge in [-0.15, -0.1) is 25.2 Å². The first-order valence-electron chi connectivity index (χ1n) is 13.6. The zero-order valence-corrected chi connectivity index (χ0v) is 25.4. The Kier molecular flexibility index (Phi) is 44.5. The SMILES string of the molecule is C#C.C#CCCc1ccccc1.C=C(C)C(C)C.CC.CC.CCC.C[C@@H]1CCCC(OC(N)=O)C1. The van der Waals surface area contributed by atoms with Crippen LogP contribution in [0.4, 0.5) is 4.79 Å². The standard InChI is InChI=1S/C10H10.C8H15NO2.C6H12.C3H8.2C2H6.C2H2/c1-2-3-7-10-8-5-4-6-9-10;1-6-3-2-4-7(5-6)11-8(9)10;1-5(2)6(3)4;1-3-2;3*1-2/h1,4-6,8-9H,3,7H2;6-7H,2-5H2,1H3,(H2,9,10);6H,1H2,2-4H3;3H2,1-2H3;2*1-2H3;1-2H/t;6-,7?;;;;;/m.1...../s1. The molecule has 0 bridgehead atoms. The maximum absolute atomic E-state index is 10.4. The van der Waals surface area contributed by atoms with Crippen LogP contribution in [0, 0.1) is 37.0 Å². The largest absolute Gasteiger partial charge is 0.446 e. The lowest BCUT2D eigenvalue weighted by molar-refractivity contribution is 0.0691. The lowest BCUT2D eigenvalue weighted by atomic mass is 9.89. The fraction of sp³-hybridized carbons (Fsp3) is 0.606. The smallest absolute Gasteiger partial charge is 0.404 e. The predicted octanol–water partition coefficient (Wildman–Crippen LogP) is 9.85. The Balaban J connectivity index is -0.000000118. The van der Waals surface area contributed by atoms with Crippen molar-refractivity contribution in [3.8, 4) is 25.2 Å². The van der Waals surface area contributed by atoms with E-state index in [1.54, 1.807) is 0 Å². The molecular weight excluding hydrogens is 442 g/mol. The van der Waals surface area contributed by atoms with Gasteiger partial charge in [-0.25, -0.2) is 4.79 Å². The minimum Gasteiger partial charge on any atom is -0.446 e. The lowest BCUT2D eigenvalue weighted by Crippen LogP contribution is -2.27. The Hall–Kier alpha value is -2.65. The monoisotopic (exact) mass is 501 g/mol. The van der Waals surface area contributed by atoms with Crippen molar-refractivity contribution in [2.45, 2.75) is 120 Å². The van der Waals surface area contributed by atoms with Crippen molar-refractivity contribution >= 4 is 6.09 Å². The maximum Gasteiger partial charge on any atom is 0.404 e. The van der Waals surface area contributed by atoms with Crippen LogP contribution in [0.5, 0.6) is 0 Å². The Morgan fingerprint density at radius 2 is 1.56 bits per heavy atom. The number of carbonyl (C=O) groups is 1. The molecule has 0 spiro atoms. The van der Waals surface area contributed by atoms with Gasteiger partial charge >= 0.3 is 6.09 Å². The summed E-state index contributed by atoms with van der Waals surface area (Å²) in [6.07, 6.45) is 20.0.